The molecule has 1 aromatic rings. The number of furan rings is 1. The van der Waals surface area contributed by atoms with Crippen molar-refractivity contribution >= 4 is 22.4 Å². The van der Waals surface area contributed by atoms with E-state index in [1.54, 1.807) is 24.2 Å². The minimum Gasteiger partial charge on any atom is -0.465 e. The Morgan fingerprint density at radius 2 is 1.89 bits per heavy atom. The third kappa shape index (κ3) is 3.31. The van der Waals surface area contributed by atoms with Gasteiger partial charge in [-0.3, -0.25) is 0 Å². The third-order valence-electron chi connectivity index (χ3n) is 3.48. The standard InChI is InChI=1S/C12H20N2O3S.ClH/c1-9-8-12(10(2)17-9)18(15,16)14-6-4-11(13-3)5-7-14;/h8,11,13H,4-7H2,1-3H3;1H. The number of halogens is 1. The zero-order chi connectivity index (χ0) is 13.3. The molecule has 0 saturated carbocycles. The predicted octanol–water partition coefficient (Wildman–Crippen LogP) is 1.69. The fourth-order valence-corrected chi connectivity index (χ4v) is 4.08. The van der Waals surface area contributed by atoms with Crippen LogP contribution >= 0.6 is 12.4 Å². The molecule has 0 bridgehead atoms. The molecule has 1 aliphatic rings. The van der Waals surface area contributed by atoms with Crippen LogP contribution in [0.3, 0.4) is 0 Å². The normalized spacial score (nSPS) is 18.3. The molecular formula is C12H21ClN2O3S. The second-order valence-corrected chi connectivity index (χ2v) is 6.65. The highest BCUT2D eigenvalue weighted by atomic mass is 35.5. The average molecular weight is 309 g/mol. The topological polar surface area (TPSA) is 62.6 Å². The Balaban J connectivity index is 0.00000180. The highest BCUT2D eigenvalue weighted by molar-refractivity contribution is 7.89. The van der Waals surface area contributed by atoms with Crippen molar-refractivity contribution in [2.24, 2.45) is 0 Å². The molecule has 0 unspecified atom stereocenters. The quantitative estimate of drug-likeness (QED) is 0.923. The van der Waals surface area contributed by atoms with Crippen LogP contribution in [0.25, 0.3) is 0 Å². The summed E-state index contributed by atoms with van der Waals surface area (Å²) < 4.78 is 31.8. The molecule has 5 nitrogen and oxygen atoms in total. The van der Waals surface area contributed by atoms with Crippen molar-refractivity contribution in [3.8, 4) is 0 Å². The number of piperidine rings is 1. The van der Waals surface area contributed by atoms with E-state index < -0.39 is 10.0 Å². The van der Waals surface area contributed by atoms with E-state index in [9.17, 15) is 8.42 Å². The van der Waals surface area contributed by atoms with Gasteiger partial charge >= 0.3 is 0 Å². The van der Waals surface area contributed by atoms with Gasteiger partial charge in [0.05, 0.1) is 0 Å². The lowest BCUT2D eigenvalue weighted by Crippen LogP contribution is -2.43. The van der Waals surface area contributed by atoms with Crippen LogP contribution in [-0.2, 0) is 10.0 Å². The molecule has 110 valence electrons. The summed E-state index contributed by atoms with van der Waals surface area (Å²) in [5.41, 5.74) is 0. The maximum Gasteiger partial charge on any atom is 0.246 e. The second kappa shape index (κ2) is 6.26. The molecule has 0 aromatic carbocycles. The minimum absolute atomic E-state index is 0. The molecule has 1 aromatic heterocycles. The molecule has 2 rings (SSSR count). The van der Waals surface area contributed by atoms with E-state index in [0.29, 0.717) is 35.5 Å². The molecule has 1 aliphatic heterocycles. The summed E-state index contributed by atoms with van der Waals surface area (Å²) >= 11 is 0. The number of aryl methyl sites for hydroxylation is 2. The SMILES string of the molecule is CNC1CCN(S(=O)(=O)c2cc(C)oc2C)CC1.Cl. The van der Waals surface area contributed by atoms with Crippen molar-refractivity contribution in [2.75, 3.05) is 20.1 Å². The molecule has 0 radical (unpaired) electrons. The van der Waals surface area contributed by atoms with Crippen molar-refractivity contribution in [3.63, 3.8) is 0 Å². The monoisotopic (exact) mass is 308 g/mol. The third-order valence-corrected chi connectivity index (χ3v) is 5.48. The number of nitrogens with one attached hydrogen (secondary N) is 1. The first-order chi connectivity index (χ1) is 8.45. The van der Waals surface area contributed by atoms with Crippen LogP contribution in [0.5, 0.6) is 0 Å². The van der Waals surface area contributed by atoms with Crippen LogP contribution in [0.15, 0.2) is 15.4 Å². The molecule has 0 amide bonds. The van der Waals surface area contributed by atoms with Gasteiger partial charge in [0, 0.05) is 19.1 Å². The summed E-state index contributed by atoms with van der Waals surface area (Å²) in [5, 5.41) is 3.19. The number of rotatable bonds is 3. The summed E-state index contributed by atoms with van der Waals surface area (Å²) in [4.78, 5) is 0.308. The van der Waals surface area contributed by atoms with E-state index in [1.807, 2.05) is 7.05 Å². The summed E-state index contributed by atoms with van der Waals surface area (Å²) in [6, 6.07) is 2.03. The van der Waals surface area contributed by atoms with Crippen molar-refractivity contribution in [1.82, 2.24) is 9.62 Å². The number of sulfonamides is 1. The van der Waals surface area contributed by atoms with Crippen LogP contribution in [-0.4, -0.2) is 38.9 Å². The van der Waals surface area contributed by atoms with Gasteiger partial charge in [-0.1, -0.05) is 0 Å². The Morgan fingerprint density at radius 1 is 1.32 bits per heavy atom. The molecule has 0 aliphatic carbocycles. The Kier molecular flexibility index (Phi) is 5.43. The molecule has 0 spiro atoms. The Hall–Kier alpha value is -0.560. The van der Waals surface area contributed by atoms with Gasteiger partial charge in [0.25, 0.3) is 0 Å². The fourth-order valence-electron chi connectivity index (χ4n) is 2.39. The lowest BCUT2D eigenvalue weighted by atomic mass is 10.1. The fraction of sp³-hybridized carbons (Fsp3) is 0.667. The van der Waals surface area contributed by atoms with E-state index in [2.05, 4.69) is 5.32 Å². The van der Waals surface area contributed by atoms with Crippen LogP contribution in [0.2, 0.25) is 0 Å². The van der Waals surface area contributed by atoms with E-state index >= 15 is 0 Å². The number of hydrogen-bond donors (Lipinski definition) is 1. The van der Waals surface area contributed by atoms with Crippen LogP contribution in [0.4, 0.5) is 0 Å². The van der Waals surface area contributed by atoms with Crippen LogP contribution in [0.1, 0.15) is 24.4 Å². The van der Waals surface area contributed by atoms with E-state index in [0.717, 1.165) is 12.8 Å². The van der Waals surface area contributed by atoms with Crippen LogP contribution < -0.4 is 5.32 Å². The van der Waals surface area contributed by atoms with E-state index in [1.165, 1.54) is 0 Å². The Bertz CT molecular complexity index is 519. The first-order valence-electron chi connectivity index (χ1n) is 6.19. The maximum atomic E-state index is 12.5. The molecule has 19 heavy (non-hydrogen) atoms. The average Bonchev–Trinajstić information content (AvgIpc) is 2.69. The van der Waals surface area contributed by atoms with Gasteiger partial charge in [0.15, 0.2) is 0 Å². The molecule has 1 saturated heterocycles. The summed E-state index contributed by atoms with van der Waals surface area (Å²) in [6.07, 6.45) is 1.71. The van der Waals surface area contributed by atoms with Crippen molar-refractivity contribution < 1.29 is 12.8 Å². The van der Waals surface area contributed by atoms with E-state index in [4.69, 9.17) is 4.42 Å². The smallest absolute Gasteiger partial charge is 0.246 e. The first kappa shape index (κ1) is 16.5. The van der Waals surface area contributed by atoms with Gasteiger partial charge in [-0.2, -0.15) is 4.31 Å². The van der Waals surface area contributed by atoms with Gasteiger partial charge in [0.1, 0.15) is 16.4 Å². The highest BCUT2D eigenvalue weighted by Gasteiger charge is 2.31. The summed E-state index contributed by atoms with van der Waals surface area (Å²) in [7, 11) is -1.48. The molecule has 1 fully saturated rings. The number of nitrogens with zero attached hydrogens (tertiary/aromatic N) is 1. The van der Waals surface area contributed by atoms with Gasteiger partial charge in [-0.25, -0.2) is 8.42 Å². The predicted molar refractivity (Wildman–Crippen MR) is 76.3 cm³/mol. The molecule has 7 heteroatoms. The van der Waals surface area contributed by atoms with Gasteiger partial charge in [0.2, 0.25) is 10.0 Å². The van der Waals surface area contributed by atoms with Crippen molar-refractivity contribution in [1.29, 1.82) is 0 Å². The molecule has 0 atom stereocenters. The first-order valence-corrected chi connectivity index (χ1v) is 7.63. The van der Waals surface area contributed by atoms with Gasteiger partial charge in [-0.05, 0) is 39.8 Å². The van der Waals surface area contributed by atoms with Crippen LogP contribution in [0, 0.1) is 13.8 Å². The largest absolute Gasteiger partial charge is 0.465 e. The van der Waals surface area contributed by atoms with Gasteiger partial charge in [-0.15, -0.1) is 12.4 Å². The molecular weight excluding hydrogens is 288 g/mol. The Labute approximate surface area is 120 Å². The molecule has 2 heterocycles. The number of hydrogen-bond acceptors (Lipinski definition) is 4. The van der Waals surface area contributed by atoms with E-state index in [-0.39, 0.29) is 12.4 Å². The minimum atomic E-state index is -3.39. The maximum absolute atomic E-state index is 12.5. The molecule has 1 N–H and O–H groups in total. The zero-order valence-electron chi connectivity index (χ0n) is 11.5. The lowest BCUT2D eigenvalue weighted by molar-refractivity contribution is 0.298. The lowest BCUT2D eigenvalue weighted by Gasteiger charge is -2.30. The Morgan fingerprint density at radius 3 is 2.32 bits per heavy atom. The summed E-state index contributed by atoms with van der Waals surface area (Å²) in [6.45, 7) is 4.59. The van der Waals surface area contributed by atoms with Gasteiger partial charge < -0.3 is 9.73 Å². The van der Waals surface area contributed by atoms with Crippen molar-refractivity contribution in [2.45, 2.75) is 37.6 Å². The highest BCUT2D eigenvalue weighted by Crippen LogP contribution is 2.25. The van der Waals surface area contributed by atoms with Crippen molar-refractivity contribution in [3.05, 3.63) is 17.6 Å². The zero-order valence-corrected chi connectivity index (χ0v) is 13.1. The summed E-state index contributed by atoms with van der Waals surface area (Å²) in [5.74, 6) is 1.11. The second-order valence-electron chi connectivity index (χ2n) is 4.74.